The second-order valence-corrected chi connectivity index (χ2v) is 7.58. The number of nitrogens with one attached hydrogen (secondary N) is 2. The van der Waals surface area contributed by atoms with Crippen molar-refractivity contribution in [3.63, 3.8) is 0 Å². The standard InChI is InChI=1S/C19H25N3O2S2/c1-14(20-19(25)21-15-6-3-4-7-16(15)23-2)18(17-8-5-13-26-17)22-9-11-24-12-10-22/h3-8,13-14,18H,9-12H2,1-2H3,(H2,20,21,25)/t14-,18+/m0/s1. The molecule has 0 spiro atoms. The molecule has 0 amide bonds. The topological polar surface area (TPSA) is 45.8 Å². The van der Waals surface area contributed by atoms with E-state index in [-0.39, 0.29) is 12.1 Å². The van der Waals surface area contributed by atoms with Gasteiger partial charge in [-0.15, -0.1) is 11.3 Å². The summed E-state index contributed by atoms with van der Waals surface area (Å²) in [7, 11) is 1.66. The van der Waals surface area contributed by atoms with E-state index in [9.17, 15) is 0 Å². The van der Waals surface area contributed by atoms with E-state index in [1.165, 1.54) is 4.88 Å². The van der Waals surface area contributed by atoms with Gasteiger partial charge in [0.25, 0.3) is 0 Å². The molecule has 2 atom stereocenters. The van der Waals surface area contributed by atoms with Gasteiger partial charge in [0, 0.05) is 24.0 Å². The van der Waals surface area contributed by atoms with E-state index in [0.29, 0.717) is 5.11 Å². The molecule has 26 heavy (non-hydrogen) atoms. The molecule has 0 bridgehead atoms. The van der Waals surface area contributed by atoms with Crippen LogP contribution in [0.15, 0.2) is 41.8 Å². The van der Waals surface area contributed by atoms with Crippen LogP contribution in [0.3, 0.4) is 0 Å². The summed E-state index contributed by atoms with van der Waals surface area (Å²) in [5.74, 6) is 0.771. The van der Waals surface area contributed by atoms with E-state index in [0.717, 1.165) is 37.7 Å². The summed E-state index contributed by atoms with van der Waals surface area (Å²) in [6.45, 7) is 5.59. The van der Waals surface area contributed by atoms with Gasteiger partial charge in [-0.2, -0.15) is 0 Å². The molecule has 1 aromatic carbocycles. The third-order valence-corrected chi connectivity index (χ3v) is 5.62. The molecule has 5 nitrogen and oxygen atoms in total. The number of morpholine rings is 1. The molecule has 1 aliphatic heterocycles. The highest BCUT2D eigenvalue weighted by molar-refractivity contribution is 7.80. The molecule has 2 N–H and O–H groups in total. The molecule has 7 heteroatoms. The molecule has 2 heterocycles. The highest BCUT2D eigenvalue weighted by Gasteiger charge is 2.29. The van der Waals surface area contributed by atoms with Crippen LogP contribution in [-0.4, -0.2) is 49.5 Å². The first kappa shape index (κ1) is 19.1. The van der Waals surface area contributed by atoms with Crippen molar-refractivity contribution in [3.8, 4) is 5.75 Å². The molecule has 0 unspecified atom stereocenters. The normalized spacial score (nSPS) is 17.3. The maximum absolute atomic E-state index is 5.55. The van der Waals surface area contributed by atoms with Crippen LogP contribution < -0.4 is 15.4 Å². The fraction of sp³-hybridized carbons (Fsp3) is 0.421. The van der Waals surface area contributed by atoms with Gasteiger partial charge >= 0.3 is 0 Å². The molecule has 1 fully saturated rings. The molecule has 1 aromatic heterocycles. The van der Waals surface area contributed by atoms with Crippen molar-refractivity contribution in [2.45, 2.75) is 19.0 Å². The Bertz CT molecular complexity index is 703. The van der Waals surface area contributed by atoms with E-state index >= 15 is 0 Å². The number of hydrogen-bond acceptors (Lipinski definition) is 5. The predicted octanol–water partition coefficient (Wildman–Crippen LogP) is 3.51. The van der Waals surface area contributed by atoms with Gasteiger partial charge in [-0.1, -0.05) is 18.2 Å². The second kappa shape index (κ2) is 9.32. The van der Waals surface area contributed by atoms with Crippen molar-refractivity contribution >= 4 is 34.4 Å². The van der Waals surface area contributed by atoms with Gasteiger partial charge in [-0.05, 0) is 42.7 Å². The quantitative estimate of drug-likeness (QED) is 0.735. The third kappa shape index (κ3) is 4.73. The van der Waals surface area contributed by atoms with Crippen molar-refractivity contribution in [1.82, 2.24) is 10.2 Å². The number of nitrogens with zero attached hydrogens (tertiary/aromatic N) is 1. The van der Waals surface area contributed by atoms with E-state index in [1.807, 2.05) is 24.3 Å². The van der Waals surface area contributed by atoms with E-state index in [1.54, 1.807) is 18.4 Å². The summed E-state index contributed by atoms with van der Waals surface area (Å²) < 4.78 is 10.9. The summed E-state index contributed by atoms with van der Waals surface area (Å²) in [5, 5.41) is 9.43. The Labute approximate surface area is 164 Å². The van der Waals surface area contributed by atoms with Crippen molar-refractivity contribution in [2.75, 3.05) is 38.7 Å². The largest absolute Gasteiger partial charge is 0.495 e. The van der Waals surface area contributed by atoms with Crippen LogP contribution in [0, 0.1) is 0 Å². The number of thiocarbonyl (C=S) groups is 1. The number of para-hydroxylation sites is 2. The van der Waals surface area contributed by atoms with Gasteiger partial charge in [0.1, 0.15) is 5.75 Å². The molecular formula is C19H25N3O2S2. The number of anilines is 1. The van der Waals surface area contributed by atoms with Gasteiger partial charge in [0.05, 0.1) is 32.1 Å². The maximum atomic E-state index is 5.55. The number of ether oxygens (including phenoxy) is 2. The van der Waals surface area contributed by atoms with Gasteiger partial charge < -0.3 is 20.1 Å². The average Bonchev–Trinajstić information content (AvgIpc) is 3.17. The van der Waals surface area contributed by atoms with Gasteiger partial charge in [0.15, 0.2) is 5.11 Å². The lowest BCUT2D eigenvalue weighted by atomic mass is 10.1. The first-order valence-electron chi connectivity index (χ1n) is 8.75. The number of thiophene rings is 1. The lowest BCUT2D eigenvalue weighted by molar-refractivity contribution is 0.0110. The molecule has 0 aliphatic carbocycles. The zero-order valence-electron chi connectivity index (χ0n) is 15.1. The van der Waals surface area contributed by atoms with Gasteiger partial charge in [-0.3, -0.25) is 4.90 Å². The van der Waals surface area contributed by atoms with Crippen LogP contribution in [-0.2, 0) is 4.74 Å². The Hall–Kier alpha value is -1.67. The van der Waals surface area contributed by atoms with Crippen LogP contribution >= 0.6 is 23.6 Å². The third-order valence-electron chi connectivity index (χ3n) is 4.46. The van der Waals surface area contributed by atoms with Crippen LogP contribution in [0.1, 0.15) is 17.8 Å². The van der Waals surface area contributed by atoms with E-state index < -0.39 is 0 Å². The molecule has 2 aromatic rings. The van der Waals surface area contributed by atoms with Crippen LogP contribution in [0.25, 0.3) is 0 Å². The summed E-state index contributed by atoms with van der Waals surface area (Å²) in [6, 6.07) is 12.5. The second-order valence-electron chi connectivity index (χ2n) is 6.20. The molecule has 140 valence electrons. The van der Waals surface area contributed by atoms with Crippen molar-refractivity contribution in [2.24, 2.45) is 0 Å². The Morgan fingerprint density at radius 1 is 1.23 bits per heavy atom. The van der Waals surface area contributed by atoms with Gasteiger partial charge in [0.2, 0.25) is 0 Å². The first-order chi connectivity index (χ1) is 12.7. The monoisotopic (exact) mass is 391 g/mol. The average molecular weight is 392 g/mol. The van der Waals surface area contributed by atoms with Crippen molar-refractivity contribution < 1.29 is 9.47 Å². The number of benzene rings is 1. The lowest BCUT2D eigenvalue weighted by Crippen LogP contribution is -2.49. The zero-order valence-corrected chi connectivity index (χ0v) is 16.7. The fourth-order valence-electron chi connectivity index (χ4n) is 3.25. The fourth-order valence-corrected chi connectivity index (χ4v) is 4.51. The zero-order chi connectivity index (χ0) is 18.4. The SMILES string of the molecule is COc1ccccc1NC(=S)N[C@@H](C)[C@H](c1cccs1)N1CCOCC1. The summed E-state index contributed by atoms with van der Waals surface area (Å²) in [5.41, 5.74) is 0.860. The van der Waals surface area contributed by atoms with Crippen molar-refractivity contribution in [1.29, 1.82) is 0 Å². The number of hydrogen-bond donors (Lipinski definition) is 2. The molecule has 0 radical (unpaired) electrons. The lowest BCUT2D eigenvalue weighted by Gasteiger charge is -2.38. The Kier molecular flexibility index (Phi) is 6.85. The Balaban J connectivity index is 1.68. The summed E-state index contributed by atoms with van der Waals surface area (Å²) in [6.07, 6.45) is 0. The smallest absolute Gasteiger partial charge is 0.171 e. The van der Waals surface area contributed by atoms with Crippen LogP contribution in [0.5, 0.6) is 5.75 Å². The van der Waals surface area contributed by atoms with E-state index in [2.05, 4.69) is 40.0 Å². The summed E-state index contributed by atoms with van der Waals surface area (Å²) >= 11 is 7.34. The van der Waals surface area contributed by atoms with Crippen LogP contribution in [0.2, 0.25) is 0 Å². The number of methoxy groups -OCH3 is 1. The van der Waals surface area contributed by atoms with Crippen molar-refractivity contribution in [3.05, 3.63) is 46.7 Å². The molecular weight excluding hydrogens is 366 g/mol. The number of rotatable bonds is 6. The maximum Gasteiger partial charge on any atom is 0.171 e. The summed E-state index contributed by atoms with van der Waals surface area (Å²) in [4.78, 5) is 3.81. The molecule has 1 aliphatic rings. The molecule has 1 saturated heterocycles. The Morgan fingerprint density at radius 3 is 2.69 bits per heavy atom. The van der Waals surface area contributed by atoms with Gasteiger partial charge in [-0.25, -0.2) is 0 Å². The molecule has 3 rings (SSSR count). The van der Waals surface area contributed by atoms with Crippen LogP contribution in [0.4, 0.5) is 5.69 Å². The highest BCUT2D eigenvalue weighted by atomic mass is 32.1. The van der Waals surface area contributed by atoms with E-state index in [4.69, 9.17) is 21.7 Å². The minimum atomic E-state index is 0.154. The minimum absolute atomic E-state index is 0.154. The first-order valence-corrected chi connectivity index (χ1v) is 10.0. The predicted molar refractivity (Wildman–Crippen MR) is 111 cm³/mol. The minimum Gasteiger partial charge on any atom is -0.495 e. The Morgan fingerprint density at radius 2 is 2.00 bits per heavy atom. The highest BCUT2D eigenvalue weighted by Crippen LogP contribution is 2.29. The molecule has 0 saturated carbocycles.